The third kappa shape index (κ3) is 6.72. The molecule has 0 aliphatic heterocycles. The van der Waals surface area contributed by atoms with E-state index >= 15 is 0 Å². The predicted octanol–water partition coefficient (Wildman–Crippen LogP) is 2.15. The molecular weight excluding hydrogens is 268 g/mol. The first-order valence-corrected chi connectivity index (χ1v) is 6.99. The van der Waals surface area contributed by atoms with Crippen LogP contribution in [0.5, 0.6) is 0 Å². The minimum Gasteiger partial charge on any atom is -0.480 e. The molecule has 5 heteroatoms. The lowest BCUT2D eigenvalue weighted by atomic mass is 10.1. The van der Waals surface area contributed by atoms with Gasteiger partial charge in [-0.05, 0) is 24.1 Å². The lowest BCUT2D eigenvalue weighted by molar-refractivity contribution is -0.138. The summed E-state index contributed by atoms with van der Waals surface area (Å²) in [6.45, 7) is 5.87. The van der Waals surface area contributed by atoms with Gasteiger partial charge in [-0.25, -0.2) is 0 Å². The first-order chi connectivity index (χ1) is 10.0. The molecule has 0 atom stereocenters. The van der Waals surface area contributed by atoms with E-state index in [1.165, 1.54) is 10.5 Å². The van der Waals surface area contributed by atoms with Gasteiger partial charge >= 0.3 is 5.97 Å². The second-order valence-corrected chi connectivity index (χ2v) is 4.85. The molecule has 114 valence electrons. The summed E-state index contributed by atoms with van der Waals surface area (Å²) in [5.74, 6) is -1.20. The zero-order valence-corrected chi connectivity index (χ0v) is 12.3. The fourth-order valence-corrected chi connectivity index (χ4v) is 2.01. The van der Waals surface area contributed by atoms with Crippen molar-refractivity contribution < 1.29 is 14.7 Å². The summed E-state index contributed by atoms with van der Waals surface area (Å²) < 4.78 is 0. The third-order valence-corrected chi connectivity index (χ3v) is 2.89. The standard InChI is InChI=1S/C16H22N2O3/c1-3-5-13-6-8-14(9-7-13)17-15(19)11-18(10-4-2)12-16(20)21/h4,6-9H,2-3,5,10-12H2,1H3,(H,17,19)(H,20,21). The maximum absolute atomic E-state index is 11.9. The summed E-state index contributed by atoms with van der Waals surface area (Å²) in [7, 11) is 0. The first kappa shape index (κ1) is 16.9. The van der Waals surface area contributed by atoms with Crippen LogP contribution < -0.4 is 5.32 Å². The van der Waals surface area contributed by atoms with Crippen molar-refractivity contribution in [1.29, 1.82) is 0 Å². The van der Waals surface area contributed by atoms with Crippen LogP contribution in [0.25, 0.3) is 0 Å². The lowest BCUT2D eigenvalue weighted by Crippen LogP contribution is -2.37. The van der Waals surface area contributed by atoms with Crippen LogP contribution in [0.15, 0.2) is 36.9 Å². The number of anilines is 1. The van der Waals surface area contributed by atoms with Gasteiger partial charge in [-0.2, -0.15) is 0 Å². The van der Waals surface area contributed by atoms with E-state index < -0.39 is 5.97 Å². The number of amides is 1. The van der Waals surface area contributed by atoms with E-state index in [1.807, 2.05) is 24.3 Å². The molecule has 0 aliphatic rings. The van der Waals surface area contributed by atoms with Gasteiger partial charge in [-0.1, -0.05) is 31.6 Å². The molecule has 5 nitrogen and oxygen atoms in total. The fraction of sp³-hybridized carbons (Fsp3) is 0.375. The van der Waals surface area contributed by atoms with Gasteiger partial charge in [0.05, 0.1) is 13.1 Å². The van der Waals surface area contributed by atoms with Crippen LogP contribution in [-0.4, -0.2) is 41.5 Å². The monoisotopic (exact) mass is 290 g/mol. The van der Waals surface area contributed by atoms with Crippen LogP contribution in [0.3, 0.4) is 0 Å². The average molecular weight is 290 g/mol. The van der Waals surface area contributed by atoms with Crippen LogP contribution in [0.4, 0.5) is 5.69 Å². The van der Waals surface area contributed by atoms with Gasteiger partial charge in [0.1, 0.15) is 0 Å². The molecule has 1 aromatic carbocycles. The highest BCUT2D eigenvalue weighted by molar-refractivity contribution is 5.92. The molecule has 0 spiro atoms. The normalized spacial score (nSPS) is 10.4. The number of carboxylic acid groups (broad SMARTS) is 1. The van der Waals surface area contributed by atoms with Crippen molar-refractivity contribution in [2.24, 2.45) is 0 Å². The van der Waals surface area contributed by atoms with Crippen molar-refractivity contribution in [3.05, 3.63) is 42.5 Å². The molecule has 2 N–H and O–H groups in total. The van der Waals surface area contributed by atoms with Crippen molar-refractivity contribution in [3.63, 3.8) is 0 Å². The van der Waals surface area contributed by atoms with Crippen LogP contribution in [0.2, 0.25) is 0 Å². The molecule has 0 bridgehead atoms. The third-order valence-electron chi connectivity index (χ3n) is 2.89. The minimum atomic E-state index is -0.964. The molecule has 0 fully saturated rings. The Hall–Kier alpha value is -2.14. The molecule has 21 heavy (non-hydrogen) atoms. The summed E-state index contributed by atoms with van der Waals surface area (Å²) in [5.41, 5.74) is 1.95. The molecular formula is C16H22N2O3. The topological polar surface area (TPSA) is 69.6 Å². The number of aliphatic carboxylic acids is 1. The molecule has 0 aromatic heterocycles. The van der Waals surface area contributed by atoms with E-state index in [2.05, 4.69) is 18.8 Å². The summed E-state index contributed by atoms with van der Waals surface area (Å²) in [4.78, 5) is 24.1. The highest BCUT2D eigenvalue weighted by Gasteiger charge is 2.12. The Morgan fingerprint density at radius 2 is 1.95 bits per heavy atom. The number of rotatable bonds is 9. The summed E-state index contributed by atoms with van der Waals surface area (Å²) in [6.07, 6.45) is 3.67. The molecule has 0 radical (unpaired) electrons. The number of nitrogens with one attached hydrogen (secondary N) is 1. The van der Waals surface area contributed by atoms with Crippen molar-refractivity contribution in [2.45, 2.75) is 19.8 Å². The second-order valence-electron chi connectivity index (χ2n) is 4.85. The first-order valence-electron chi connectivity index (χ1n) is 6.99. The summed E-state index contributed by atoms with van der Waals surface area (Å²) >= 11 is 0. The molecule has 0 aliphatic carbocycles. The largest absolute Gasteiger partial charge is 0.480 e. The zero-order valence-electron chi connectivity index (χ0n) is 12.3. The number of hydrogen-bond acceptors (Lipinski definition) is 3. The van der Waals surface area contributed by atoms with Crippen molar-refractivity contribution in [2.75, 3.05) is 25.0 Å². The quantitative estimate of drug-likeness (QED) is 0.684. The van der Waals surface area contributed by atoms with Gasteiger partial charge in [-0.15, -0.1) is 6.58 Å². The van der Waals surface area contributed by atoms with Gasteiger partial charge in [0, 0.05) is 12.2 Å². The molecule has 1 aromatic rings. The Balaban J connectivity index is 2.54. The van der Waals surface area contributed by atoms with Crippen molar-refractivity contribution >= 4 is 17.6 Å². The SMILES string of the molecule is C=CCN(CC(=O)O)CC(=O)Nc1ccc(CCC)cc1. The average Bonchev–Trinajstić information content (AvgIpc) is 2.40. The Bertz CT molecular complexity index is 483. The minimum absolute atomic E-state index is 0.0228. The zero-order chi connectivity index (χ0) is 15.7. The maximum Gasteiger partial charge on any atom is 0.317 e. The van der Waals surface area contributed by atoms with Crippen LogP contribution in [-0.2, 0) is 16.0 Å². The highest BCUT2D eigenvalue weighted by atomic mass is 16.4. The maximum atomic E-state index is 11.9. The van der Waals surface area contributed by atoms with Gasteiger partial charge in [0.15, 0.2) is 0 Å². The van der Waals surface area contributed by atoms with Gasteiger partial charge in [0.25, 0.3) is 0 Å². The Kier molecular flexibility index (Phi) is 7.18. The molecule has 0 saturated carbocycles. The smallest absolute Gasteiger partial charge is 0.317 e. The van der Waals surface area contributed by atoms with Crippen LogP contribution in [0.1, 0.15) is 18.9 Å². The molecule has 1 amide bonds. The van der Waals surface area contributed by atoms with Gasteiger partial charge in [-0.3, -0.25) is 14.5 Å². The number of benzene rings is 1. The van der Waals surface area contributed by atoms with E-state index in [1.54, 1.807) is 6.08 Å². The number of carbonyl (C=O) groups is 2. The van der Waals surface area contributed by atoms with Gasteiger partial charge in [0.2, 0.25) is 5.91 Å². The molecule has 1 rings (SSSR count). The number of aryl methyl sites for hydroxylation is 1. The van der Waals surface area contributed by atoms with Crippen LogP contribution >= 0.6 is 0 Å². The van der Waals surface area contributed by atoms with E-state index in [9.17, 15) is 9.59 Å². The van der Waals surface area contributed by atoms with E-state index in [4.69, 9.17) is 5.11 Å². The molecule has 0 unspecified atom stereocenters. The number of nitrogens with zero attached hydrogens (tertiary/aromatic N) is 1. The highest BCUT2D eigenvalue weighted by Crippen LogP contribution is 2.11. The molecule has 0 saturated heterocycles. The summed E-state index contributed by atoms with van der Waals surface area (Å²) in [5, 5.41) is 11.6. The fourth-order valence-electron chi connectivity index (χ4n) is 2.01. The summed E-state index contributed by atoms with van der Waals surface area (Å²) in [6, 6.07) is 7.69. The number of carboxylic acids is 1. The van der Waals surface area contributed by atoms with Gasteiger partial charge < -0.3 is 10.4 Å². The Labute approximate surface area is 125 Å². The van der Waals surface area contributed by atoms with E-state index in [0.29, 0.717) is 12.2 Å². The molecule has 0 heterocycles. The lowest BCUT2D eigenvalue weighted by Gasteiger charge is -2.17. The van der Waals surface area contributed by atoms with Crippen molar-refractivity contribution in [3.8, 4) is 0 Å². The van der Waals surface area contributed by atoms with Crippen LogP contribution in [0, 0.1) is 0 Å². The Morgan fingerprint density at radius 1 is 1.29 bits per heavy atom. The van der Waals surface area contributed by atoms with Crippen molar-refractivity contribution in [1.82, 2.24) is 4.90 Å². The second kappa shape index (κ2) is 8.92. The van der Waals surface area contributed by atoms with E-state index in [-0.39, 0.29) is 19.0 Å². The Morgan fingerprint density at radius 3 is 2.48 bits per heavy atom. The number of hydrogen-bond donors (Lipinski definition) is 2. The predicted molar refractivity (Wildman–Crippen MR) is 83.3 cm³/mol. The van der Waals surface area contributed by atoms with E-state index in [0.717, 1.165) is 12.8 Å². The number of carbonyl (C=O) groups excluding carboxylic acids is 1.